The Morgan fingerprint density at radius 1 is 0.893 bits per heavy atom. The van der Waals surface area contributed by atoms with Crippen LogP contribution in [0.5, 0.6) is 0 Å². The molecule has 2 heterocycles. The molecule has 5 nitrogen and oxygen atoms in total. The Morgan fingerprint density at radius 3 is 2.11 bits per heavy atom. The van der Waals surface area contributed by atoms with E-state index in [1.807, 2.05) is 60.7 Å². The lowest BCUT2D eigenvalue weighted by Gasteiger charge is -2.03. The molecule has 0 aliphatic rings. The third-order valence-electron chi connectivity index (χ3n) is 4.14. The number of anilines is 1. The van der Waals surface area contributed by atoms with Crippen molar-refractivity contribution in [3.8, 4) is 28.5 Å². The van der Waals surface area contributed by atoms with E-state index in [0.29, 0.717) is 16.0 Å². The van der Waals surface area contributed by atoms with Crippen LogP contribution in [0.2, 0.25) is 0 Å². The Morgan fingerprint density at radius 2 is 1.54 bits per heavy atom. The first-order valence-electron chi connectivity index (χ1n) is 8.42. The first-order valence-corrected chi connectivity index (χ1v) is 9.21. The minimum atomic E-state index is -0.504. The van der Waals surface area contributed by atoms with Crippen molar-refractivity contribution in [2.75, 3.05) is 5.32 Å². The number of hydrogen-bond acceptors (Lipinski definition) is 4. The van der Waals surface area contributed by atoms with E-state index in [0.717, 1.165) is 11.1 Å². The van der Waals surface area contributed by atoms with Crippen molar-refractivity contribution in [2.24, 2.45) is 0 Å². The van der Waals surface area contributed by atoms with Crippen LogP contribution in [0, 0.1) is 11.3 Å². The van der Waals surface area contributed by atoms with Crippen molar-refractivity contribution >= 4 is 27.7 Å². The highest BCUT2D eigenvalue weighted by molar-refractivity contribution is 9.10. The number of rotatable bonds is 4. The highest BCUT2D eigenvalue weighted by atomic mass is 79.9. The third kappa shape index (κ3) is 3.36. The summed E-state index contributed by atoms with van der Waals surface area (Å²) in [5, 5.41) is 12.5. The molecule has 0 saturated heterocycles. The molecular formula is C22H13BrN2O3. The van der Waals surface area contributed by atoms with E-state index in [1.165, 1.54) is 6.07 Å². The van der Waals surface area contributed by atoms with Gasteiger partial charge in [0.15, 0.2) is 10.4 Å². The molecule has 2 aromatic carbocycles. The highest BCUT2D eigenvalue weighted by Gasteiger charge is 2.25. The summed E-state index contributed by atoms with van der Waals surface area (Å²) >= 11 is 3.17. The van der Waals surface area contributed by atoms with Gasteiger partial charge in [0.1, 0.15) is 17.4 Å². The van der Waals surface area contributed by atoms with Gasteiger partial charge in [-0.05, 0) is 33.6 Å². The van der Waals surface area contributed by atoms with Gasteiger partial charge in [0.25, 0.3) is 5.91 Å². The number of nitriles is 1. The van der Waals surface area contributed by atoms with E-state index in [1.54, 1.807) is 6.07 Å². The second-order valence-electron chi connectivity index (χ2n) is 5.91. The number of halogens is 1. The number of furan rings is 2. The molecule has 6 heteroatoms. The van der Waals surface area contributed by atoms with Gasteiger partial charge in [0.05, 0.1) is 0 Å². The van der Waals surface area contributed by atoms with E-state index in [2.05, 4.69) is 27.3 Å². The Labute approximate surface area is 169 Å². The largest absolute Gasteiger partial charge is 0.444 e. The van der Waals surface area contributed by atoms with Crippen LogP contribution in [0.3, 0.4) is 0 Å². The van der Waals surface area contributed by atoms with E-state index in [4.69, 9.17) is 8.83 Å². The quantitative estimate of drug-likeness (QED) is 0.422. The molecule has 0 unspecified atom stereocenters. The zero-order chi connectivity index (χ0) is 19.5. The van der Waals surface area contributed by atoms with Gasteiger partial charge >= 0.3 is 0 Å². The molecule has 1 N–H and O–H groups in total. The molecule has 0 fully saturated rings. The van der Waals surface area contributed by atoms with Crippen LogP contribution < -0.4 is 5.32 Å². The minimum absolute atomic E-state index is 0.0812. The molecule has 136 valence electrons. The summed E-state index contributed by atoms with van der Waals surface area (Å²) < 4.78 is 11.7. The molecule has 4 rings (SSSR count). The molecule has 0 radical (unpaired) electrons. The van der Waals surface area contributed by atoms with E-state index in [-0.39, 0.29) is 17.2 Å². The van der Waals surface area contributed by atoms with Crippen molar-refractivity contribution in [2.45, 2.75) is 0 Å². The van der Waals surface area contributed by atoms with Crippen molar-refractivity contribution in [3.63, 3.8) is 0 Å². The average molecular weight is 433 g/mol. The first kappa shape index (κ1) is 17.8. The van der Waals surface area contributed by atoms with Gasteiger partial charge in [0.2, 0.25) is 5.88 Å². The number of nitrogens with zero attached hydrogens (tertiary/aromatic N) is 1. The number of benzene rings is 2. The summed E-state index contributed by atoms with van der Waals surface area (Å²) in [5.41, 5.74) is 2.51. The van der Waals surface area contributed by atoms with Crippen molar-refractivity contribution in [3.05, 3.63) is 88.8 Å². The summed E-state index contributed by atoms with van der Waals surface area (Å²) in [4.78, 5) is 12.5. The predicted molar refractivity (Wildman–Crippen MR) is 109 cm³/mol. The lowest BCUT2D eigenvalue weighted by molar-refractivity contribution is 0.0993. The molecule has 4 aromatic rings. The fraction of sp³-hybridized carbons (Fsp3) is 0. The summed E-state index contributed by atoms with van der Waals surface area (Å²) in [6, 6.07) is 24.2. The Kier molecular flexibility index (Phi) is 4.83. The number of hydrogen-bond donors (Lipinski definition) is 1. The predicted octanol–water partition coefficient (Wildman–Crippen LogP) is 6.09. The van der Waals surface area contributed by atoms with Gasteiger partial charge in [-0.2, -0.15) is 5.26 Å². The summed E-state index contributed by atoms with van der Waals surface area (Å²) in [6.45, 7) is 0. The zero-order valence-corrected chi connectivity index (χ0v) is 16.1. The lowest BCUT2D eigenvalue weighted by atomic mass is 9.98. The number of carbonyl (C=O) groups is 1. The van der Waals surface area contributed by atoms with Crippen LogP contribution in [-0.4, -0.2) is 5.91 Å². The van der Waals surface area contributed by atoms with E-state index in [9.17, 15) is 10.1 Å². The second-order valence-corrected chi connectivity index (χ2v) is 6.69. The molecule has 2 aromatic heterocycles. The van der Waals surface area contributed by atoms with Crippen LogP contribution in [0.1, 0.15) is 16.1 Å². The van der Waals surface area contributed by atoms with Crippen molar-refractivity contribution < 1.29 is 13.6 Å². The standard InChI is InChI=1S/C22H13BrN2O3/c23-18-12-11-17(27-18)21(26)25-22-16(13-24)19(14-7-3-1-4-8-14)20(28-22)15-9-5-2-6-10-15/h1-12H,(H,25,26). The molecule has 0 aliphatic heterocycles. The maximum absolute atomic E-state index is 12.5. The summed E-state index contributed by atoms with van der Waals surface area (Å²) in [6.07, 6.45) is 0. The molecule has 0 bridgehead atoms. The SMILES string of the molecule is N#Cc1c(NC(=O)c2ccc(Br)o2)oc(-c2ccccc2)c1-c1ccccc1. The maximum atomic E-state index is 12.5. The molecule has 1 amide bonds. The normalized spacial score (nSPS) is 10.4. The van der Waals surface area contributed by atoms with Crippen molar-refractivity contribution in [1.82, 2.24) is 0 Å². The fourth-order valence-corrected chi connectivity index (χ4v) is 3.21. The van der Waals surface area contributed by atoms with Crippen LogP contribution in [-0.2, 0) is 0 Å². The van der Waals surface area contributed by atoms with E-state index >= 15 is 0 Å². The molecule has 0 aliphatic carbocycles. The van der Waals surface area contributed by atoms with Gasteiger partial charge < -0.3 is 8.83 Å². The number of carbonyl (C=O) groups excluding carboxylic acids is 1. The highest BCUT2D eigenvalue weighted by Crippen LogP contribution is 2.41. The summed E-state index contributed by atoms with van der Waals surface area (Å²) in [5.74, 6) is 0.196. The lowest BCUT2D eigenvalue weighted by Crippen LogP contribution is -2.11. The molecular weight excluding hydrogens is 420 g/mol. The Hall–Kier alpha value is -3.56. The Bertz CT molecular complexity index is 1170. The Balaban J connectivity index is 1.85. The van der Waals surface area contributed by atoms with Crippen molar-refractivity contribution in [1.29, 1.82) is 5.26 Å². The topological polar surface area (TPSA) is 79.2 Å². The smallest absolute Gasteiger partial charge is 0.293 e. The van der Waals surface area contributed by atoms with Gasteiger partial charge in [-0.1, -0.05) is 60.7 Å². The van der Waals surface area contributed by atoms with Gasteiger partial charge in [-0.3, -0.25) is 10.1 Å². The molecule has 28 heavy (non-hydrogen) atoms. The minimum Gasteiger partial charge on any atom is -0.444 e. The van der Waals surface area contributed by atoms with E-state index < -0.39 is 5.91 Å². The van der Waals surface area contributed by atoms with Crippen LogP contribution in [0.15, 0.2) is 86.3 Å². The first-order chi connectivity index (χ1) is 13.7. The molecule has 0 spiro atoms. The van der Waals surface area contributed by atoms with Crippen LogP contribution in [0.25, 0.3) is 22.5 Å². The van der Waals surface area contributed by atoms with Gasteiger partial charge in [-0.25, -0.2) is 0 Å². The average Bonchev–Trinajstić information content (AvgIpc) is 3.33. The number of nitrogens with one attached hydrogen (secondary N) is 1. The second kappa shape index (κ2) is 7.59. The monoisotopic (exact) mass is 432 g/mol. The van der Waals surface area contributed by atoms with Crippen LogP contribution >= 0.6 is 15.9 Å². The molecule has 0 atom stereocenters. The number of amides is 1. The molecule has 0 saturated carbocycles. The van der Waals surface area contributed by atoms with Crippen LogP contribution in [0.4, 0.5) is 5.88 Å². The van der Waals surface area contributed by atoms with Gasteiger partial charge in [-0.15, -0.1) is 0 Å². The van der Waals surface area contributed by atoms with Gasteiger partial charge in [0, 0.05) is 11.1 Å². The maximum Gasteiger partial charge on any atom is 0.293 e. The fourth-order valence-electron chi connectivity index (χ4n) is 2.90. The zero-order valence-electron chi connectivity index (χ0n) is 14.5. The summed E-state index contributed by atoms with van der Waals surface area (Å²) in [7, 11) is 0. The third-order valence-corrected chi connectivity index (χ3v) is 4.57.